The lowest BCUT2D eigenvalue weighted by Gasteiger charge is -2.34. The molecule has 0 atom stereocenters. The molecule has 4 heteroatoms. The molecule has 1 aliphatic rings. The van der Waals surface area contributed by atoms with Crippen LogP contribution in [0.3, 0.4) is 0 Å². The number of rotatable bonds is 2. The van der Waals surface area contributed by atoms with Crippen LogP contribution < -0.4 is 0 Å². The summed E-state index contributed by atoms with van der Waals surface area (Å²) in [6.07, 6.45) is 4.72. The first-order valence-corrected chi connectivity index (χ1v) is 6.85. The Labute approximate surface area is 116 Å². The summed E-state index contributed by atoms with van der Waals surface area (Å²) in [5.74, 6) is 0. The highest BCUT2D eigenvalue weighted by Gasteiger charge is 2.41. The molecule has 1 nitrogen and oxygen atoms in total. The van der Waals surface area contributed by atoms with Crippen molar-refractivity contribution in [3.8, 4) is 0 Å². The van der Waals surface area contributed by atoms with Gasteiger partial charge in [-0.2, -0.15) is 0 Å². The number of carbonyl (C=O) groups is 1. The average Bonchev–Trinajstić information content (AvgIpc) is 2.29. The highest BCUT2D eigenvalue weighted by Crippen LogP contribution is 2.44. The zero-order valence-electron chi connectivity index (χ0n) is 9.31. The normalized spacial score (nSPS) is 19.0. The van der Waals surface area contributed by atoms with E-state index in [0.29, 0.717) is 10.0 Å². The topological polar surface area (TPSA) is 17.1 Å². The van der Waals surface area contributed by atoms with Crippen LogP contribution in [-0.4, -0.2) is 5.24 Å². The number of hydrogen-bond donors (Lipinski definition) is 0. The van der Waals surface area contributed by atoms with Crippen molar-refractivity contribution in [1.29, 1.82) is 0 Å². The van der Waals surface area contributed by atoms with Crippen LogP contribution >= 0.6 is 34.8 Å². The van der Waals surface area contributed by atoms with Gasteiger partial charge >= 0.3 is 0 Å². The van der Waals surface area contributed by atoms with Crippen molar-refractivity contribution in [3.63, 3.8) is 0 Å². The molecule has 0 aromatic heterocycles. The molecule has 92 valence electrons. The maximum Gasteiger partial charge on any atom is 0.232 e. The zero-order valence-corrected chi connectivity index (χ0v) is 11.6. The van der Waals surface area contributed by atoms with Gasteiger partial charge in [-0.05, 0) is 42.1 Å². The first-order chi connectivity index (χ1) is 8.06. The lowest BCUT2D eigenvalue weighted by molar-refractivity contribution is -0.117. The van der Waals surface area contributed by atoms with Gasteiger partial charge in [-0.1, -0.05) is 48.5 Å². The summed E-state index contributed by atoms with van der Waals surface area (Å²) in [5, 5.41) is 0.807. The Morgan fingerprint density at radius 2 is 1.76 bits per heavy atom. The predicted octanol–water partition coefficient (Wildman–Crippen LogP) is 4.96. The minimum atomic E-state index is -0.610. The fourth-order valence-electron chi connectivity index (χ4n) is 2.60. The number of carbonyl (C=O) groups excluding carboxylic acids is 1. The SMILES string of the molecule is O=C(Cl)C1(c2ccc(Cl)cc2Cl)CCCCC1. The van der Waals surface area contributed by atoms with E-state index in [2.05, 4.69) is 0 Å². The van der Waals surface area contributed by atoms with Crippen LogP contribution in [0.15, 0.2) is 18.2 Å². The third-order valence-electron chi connectivity index (χ3n) is 3.53. The van der Waals surface area contributed by atoms with Gasteiger partial charge in [-0.15, -0.1) is 0 Å². The van der Waals surface area contributed by atoms with Gasteiger partial charge in [-0.25, -0.2) is 0 Å². The average molecular weight is 292 g/mol. The summed E-state index contributed by atoms with van der Waals surface area (Å²) in [7, 11) is 0. The van der Waals surface area contributed by atoms with Crippen LogP contribution in [0.4, 0.5) is 0 Å². The smallest absolute Gasteiger partial charge is 0.232 e. The van der Waals surface area contributed by atoms with E-state index >= 15 is 0 Å². The molecule has 0 saturated heterocycles. The molecule has 0 spiro atoms. The van der Waals surface area contributed by atoms with E-state index in [0.717, 1.165) is 37.7 Å². The minimum Gasteiger partial charge on any atom is -0.280 e. The first-order valence-electron chi connectivity index (χ1n) is 5.72. The van der Waals surface area contributed by atoms with Crippen molar-refractivity contribution in [2.75, 3.05) is 0 Å². The van der Waals surface area contributed by atoms with E-state index in [9.17, 15) is 4.79 Å². The fourth-order valence-corrected chi connectivity index (χ4v) is 3.48. The third-order valence-corrected chi connectivity index (χ3v) is 4.44. The van der Waals surface area contributed by atoms with Crippen LogP contribution in [0.25, 0.3) is 0 Å². The third kappa shape index (κ3) is 2.47. The molecular formula is C13H13Cl3O. The molecule has 17 heavy (non-hydrogen) atoms. The van der Waals surface area contributed by atoms with Crippen LogP contribution in [0.2, 0.25) is 10.0 Å². The van der Waals surface area contributed by atoms with Crippen molar-refractivity contribution in [1.82, 2.24) is 0 Å². The fraction of sp³-hybridized carbons (Fsp3) is 0.462. The molecule has 0 amide bonds. The van der Waals surface area contributed by atoms with Crippen LogP contribution in [0.1, 0.15) is 37.7 Å². The van der Waals surface area contributed by atoms with Gasteiger partial charge in [0, 0.05) is 10.0 Å². The summed E-state index contributed by atoms with van der Waals surface area (Å²) in [4.78, 5) is 11.8. The van der Waals surface area contributed by atoms with Crippen LogP contribution in [-0.2, 0) is 10.2 Å². The first kappa shape index (κ1) is 13.2. The highest BCUT2D eigenvalue weighted by atomic mass is 35.5. The zero-order chi connectivity index (χ0) is 12.5. The molecule has 1 aliphatic carbocycles. The second kappa shape index (κ2) is 5.17. The van der Waals surface area contributed by atoms with Crippen molar-refractivity contribution in [3.05, 3.63) is 33.8 Å². The van der Waals surface area contributed by atoms with Crippen LogP contribution in [0.5, 0.6) is 0 Å². The molecule has 1 aromatic carbocycles. The van der Waals surface area contributed by atoms with E-state index in [1.807, 2.05) is 6.07 Å². The van der Waals surface area contributed by atoms with Crippen molar-refractivity contribution < 1.29 is 4.79 Å². The van der Waals surface area contributed by atoms with E-state index in [-0.39, 0.29) is 5.24 Å². The molecule has 1 aromatic rings. The molecule has 0 N–H and O–H groups in total. The standard InChI is InChI=1S/C13H13Cl3O/c14-9-4-5-10(11(15)8-9)13(12(16)17)6-2-1-3-7-13/h4-5,8H,1-3,6-7H2. The highest BCUT2D eigenvalue weighted by molar-refractivity contribution is 6.65. The Bertz CT molecular complexity index is 436. The number of halogens is 3. The summed E-state index contributed by atoms with van der Waals surface area (Å²) in [5.41, 5.74) is 0.213. The molecule has 0 aliphatic heterocycles. The second-order valence-electron chi connectivity index (χ2n) is 4.54. The van der Waals surface area contributed by atoms with E-state index < -0.39 is 5.41 Å². The quantitative estimate of drug-likeness (QED) is 0.704. The van der Waals surface area contributed by atoms with Crippen molar-refractivity contribution in [2.45, 2.75) is 37.5 Å². The summed E-state index contributed by atoms with van der Waals surface area (Å²) in [6.45, 7) is 0. The van der Waals surface area contributed by atoms with Gasteiger partial charge in [0.05, 0.1) is 5.41 Å². The molecule has 1 fully saturated rings. The van der Waals surface area contributed by atoms with Gasteiger partial charge in [0.15, 0.2) is 0 Å². The number of hydrogen-bond acceptors (Lipinski definition) is 1. The molecule has 2 rings (SSSR count). The maximum absolute atomic E-state index is 11.8. The van der Waals surface area contributed by atoms with Gasteiger partial charge in [0.2, 0.25) is 5.24 Å². The Morgan fingerprint density at radius 3 is 2.29 bits per heavy atom. The Kier molecular flexibility index (Phi) is 4.02. The van der Waals surface area contributed by atoms with Gasteiger partial charge in [-0.3, -0.25) is 4.79 Å². The molecular weight excluding hydrogens is 279 g/mol. The Hall–Kier alpha value is -0.240. The molecule has 1 saturated carbocycles. The molecule has 0 heterocycles. The molecule has 0 unspecified atom stereocenters. The van der Waals surface area contributed by atoms with Crippen molar-refractivity contribution in [2.24, 2.45) is 0 Å². The van der Waals surface area contributed by atoms with E-state index in [1.54, 1.807) is 12.1 Å². The summed E-state index contributed by atoms with van der Waals surface area (Å²) in [6, 6.07) is 5.27. The second-order valence-corrected chi connectivity index (χ2v) is 5.73. The summed E-state index contributed by atoms with van der Waals surface area (Å²) >= 11 is 17.9. The monoisotopic (exact) mass is 290 g/mol. The van der Waals surface area contributed by atoms with Gasteiger partial charge in [0.1, 0.15) is 0 Å². The number of benzene rings is 1. The molecule has 0 radical (unpaired) electrons. The summed E-state index contributed by atoms with van der Waals surface area (Å²) < 4.78 is 0. The maximum atomic E-state index is 11.8. The minimum absolute atomic E-state index is 0.304. The lowest BCUT2D eigenvalue weighted by atomic mass is 9.70. The van der Waals surface area contributed by atoms with Gasteiger partial charge in [0.25, 0.3) is 0 Å². The Morgan fingerprint density at radius 1 is 1.12 bits per heavy atom. The van der Waals surface area contributed by atoms with Crippen molar-refractivity contribution >= 4 is 40.0 Å². The predicted molar refractivity (Wildman–Crippen MR) is 72.1 cm³/mol. The lowest BCUT2D eigenvalue weighted by Crippen LogP contribution is -2.35. The van der Waals surface area contributed by atoms with E-state index in [4.69, 9.17) is 34.8 Å². The largest absolute Gasteiger partial charge is 0.280 e. The van der Waals surface area contributed by atoms with Gasteiger partial charge < -0.3 is 0 Å². The van der Waals surface area contributed by atoms with E-state index in [1.165, 1.54) is 0 Å². The molecule has 0 bridgehead atoms. The van der Waals surface area contributed by atoms with Crippen LogP contribution in [0, 0.1) is 0 Å². The Balaban J connectivity index is 2.49.